The van der Waals surface area contributed by atoms with E-state index in [9.17, 15) is 4.79 Å². The van der Waals surface area contributed by atoms with Crippen molar-refractivity contribution in [2.75, 3.05) is 131 Å². The fourth-order valence-electron chi connectivity index (χ4n) is 14.8. The average Bonchev–Trinajstić information content (AvgIpc) is 0.785. The lowest BCUT2D eigenvalue weighted by Crippen LogP contribution is -2.50. The van der Waals surface area contributed by atoms with Crippen LogP contribution in [0.3, 0.4) is 0 Å². The van der Waals surface area contributed by atoms with E-state index in [4.69, 9.17) is 52.1 Å². The Morgan fingerprint density at radius 2 is 0.929 bits per heavy atom. The zero-order valence-electron chi connectivity index (χ0n) is 57.3. The molecule has 12 rings (SSSR count). The molecule has 1 N–H and O–H groups in total. The third kappa shape index (κ3) is 20.2. The van der Waals surface area contributed by atoms with Crippen LogP contribution in [-0.4, -0.2) is 131 Å². The Bertz CT molecular complexity index is 3550. The molecule has 0 aliphatic heterocycles. The number of allylic oxidation sites excluding steroid dienone is 6. The van der Waals surface area contributed by atoms with Gasteiger partial charge in [-0.1, -0.05) is 176 Å². The molecule has 7 aromatic rings. The topological polar surface area (TPSA) is 131 Å². The number of carbonyl (C=O) groups excluding carboxylic acids is 1. The van der Waals surface area contributed by atoms with Gasteiger partial charge in [-0.05, 0) is 181 Å². The van der Waals surface area contributed by atoms with Crippen LogP contribution in [0.4, 0.5) is 5.69 Å². The lowest BCUT2D eigenvalue weighted by Gasteiger charge is -2.55. The number of hydrogen-bond donors (Lipinski definition) is 1. The lowest BCUT2D eigenvalue weighted by atomic mass is 9.49. The summed E-state index contributed by atoms with van der Waals surface area (Å²) in [7, 11) is 0. The first-order valence-corrected chi connectivity index (χ1v) is 35.3. The molecule has 13 nitrogen and oxygen atoms in total. The van der Waals surface area contributed by atoms with Crippen molar-refractivity contribution in [1.82, 2.24) is 0 Å². The fourth-order valence-corrected chi connectivity index (χ4v) is 14.8. The standard InChI is InChI=1S/C85H97NO12/c1-65-57-78(85(75-17-6-3-7-18-75,76-19-8-4-9-20-76)77-21-10-5-11-22-77)58-66(2)82(65)97-56-55-96-80-33-23-67(24-34-80)37-40-89-42-44-91-46-48-92-47-45-90-43-41-88-39-13-12-38-86-79-31-27-73(28-32-79)71-15-14-16-72(26-25-71)74-29-35-81(36-30-74)95-53-51-93-49-50-94-52-54-98-83(87)84-62-68-59-69(63-84)61-70(60-68)64-84/h3-11,14-15,17-36,57-58,68-70,86H,16,37-56,59-64H2,1-2H3. The van der Waals surface area contributed by atoms with E-state index in [0.29, 0.717) is 125 Å². The van der Waals surface area contributed by atoms with Crippen LogP contribution in [0.5, 0.6) is 17.2 Å². The number of anilines is 1. The highest BCUT2D eigenvalue weighted by Crippen LogP contribution is 2.60. The summed E-state index contributed by atoms with van der Waals surface area (Å²) < 4.78 is 64.0. The molecule has 0 heterocycles. The van der Waals surface area contributed by atoms with Gasteiger partial charge in [-0.2, -0.15) is 0 Å². The van der Waals surface area contributed by atoms with Gasteiger partial charge in [0.15, 0.2) is 0 Å². The van der Waals surface area contributed by atoms with Crippen molar-refractivity contribution in [1.29, 1.82) is 0 Å². The molecule has 4 fully saturated rings. The molecule has 0 spiro atoms. The minimum atomic E-state index is -0.514. The lowest BCUT2D eigenvalue weighted by molar-refractivity contribution is -0.173. The van der Waals surface area contributed by atoms with Crippen LogP contribution in [0.25, 0.3) is 11.1 Å². The molecule has 0 amide bonds. The highest BCUT2D eigenvalue weighted by atomic mass is 16.6. The summed E-state index contributed by atoms with van der Waals surface area (Å²) in [5, 5.41) is 3.38. The van der Waals surface area contributed by atoms with Gasteiger partial charge in [0.05, 0.1) is 103 Å². The second-order valence-electron chi connectivity index (χ2n) is 26.0. The van der Waals surface area contributed by atoms with Gasteiger partial charge < -0.3 is 57.4 Å². The molecule has 0 radical (unpaired) electrons. The molecule has 0 saturated heterocycles. The molecule has 7 aromatic carbocycles. The Hall–Kier alpha value is -8.29. The summed E-state index contributed by atoms with van der Waals surface area (Å²) in [6.45, 7) is 13.0. The maximum absolute atomic E-state index is 13.0. The van der Waals surface area contributed by atoms with Gasteiger partial charge in [-0.25, -0.2) is 0 Å². The summed E-state index contributed by atoms with van der Waals surface area (Å²) in [5.41, 5.74) is 13.1. The van der Waals surface area contributed by atoms with Crippen LogP contribution >= 0.6 is 0 Å². The predicted octanol–water partition coefficient (Wildman–Crippen LogP) is 15.5. The first kappa shape index (κ1) is 71.0. The summed E-state index contributed by atoms with van der Waals surface area (Å²) >= 11 is 0. The van der Waals surface area contributed by atoms with Crippen molar-refractivity contribution in [2.45, 2.75) is 70.6 Å². The number of benzene rings is 7. The van der Waals surface area contributed by atoms with Gasteiger partial charge in [0.1, 0.15) is 50.3 Å². The van der Waals surface area contributed by atoms with Gasteiger partial charge in [0.25, 0.3) is 0 Å². The predicted molar refractivity (Wildman–Crippen MR) is 387 cm³/mol. The molecule has 5 aliphatic rings. The van der Waals surface area contributed by atoms with E-state index in [1.54, 1.807) is 0 Å². The van der Waals surface area contributed by atoms with Gasteiger partial charge in [-0.3, -0.25) is 4.79 Å². The number of ether oxygens (including phenoxy) is 11. The highest BCUT2D eigenvalue weighted by Gasteiger charge is 2.55. The Kier molecular flexibility index (Phi) is 27.2. The molecule has 98 heavy (non-hydrogen) atoms. The van der Waals surface area contributed by atoms with Crippen LogP contribution in [0.2, 0.25) is 0 Å². The Balaban J connectivity index is 0.466. The van der Waals surface area contributed by atoms with E-state index in [2.05, 4.69) is 207 Å². The number of carbonyl (C=O) groups is 1. The summed E-state index contributed by atoms with van der Waals surface area (Å²) in [5.74, 6) is 10.9. The van der Waals surface area contributed by atoms with Gasteiger partial charge >= 0.3 is 5.97 Å². The van der Waals surface area contributed by atoms with Crippen molar-refractivity contribution in [3.05, 3.63) is 250 Å². The molecule has 0 atom stereocenters. The van der Waals surface area contributed by atoms with Crippen molar-refractivity contribution in [3.8, 4) is 29.1 Å². The maximum atomic E-state index is 13.0. The molecule has 0 aromatic heterocycles. The van der Waals surface area contributed by atoms with Crippen LogP contribution in [0.15, 0.2) is 200 Å². The van der Waals surface area contributed by atoms with E-state index >= 15 is 0 Å². The van der Waals surface area contributed by atoms with E-state index in [0.717, 1.165) is 101 Å². The second-order valence-corrected chi connectivity index (χ2v) is 26.0. The highest BCUT2D eigenvalue weighted by molar-refractivity contribution is 5.81. The zero-order chi connectivity index (χ0) is 67.3. The van der Waals surface area contributed by atoms with Crippen LogP contribution in [0.1, 0.15) is 95.0 Å². The Labute approximate surface area is 580 Å². The SMILES string of the molecule is Cc1cc(C(c2ccccc2)(c2ccccc2)c2ccccc2)cc(C)c1OCCOc1ccc(CCOCCOCCOCCOCCOCC#CCNc2ccc(C3=CC=C(c4ccc(OCCOCCOCCOC(=O)C56CC7CC(CC(C7)C5)C6)cc4)CC=C3)cc2)cc1. The largest absolute Gasteiger partial charge is 0.491 e. The summed E-state index contributed by atoms with van der Waals surface area (Å²) in [6.07, 6.45) is 17.4. The molecular formula is C85H97NO12. The first-order chi connectivity index (χ1) is 48.3. The molecule has 514 valence electrons. The molecule has 13 heteroatoms. The van der Waals surface area contributed by atoms with E-state index in [1.165, 1.54) is 52.7 Å². The minimum absolute atomic E-state index is 0.0133. The Morgan fingerprint density at radius 1 is 0.469 bits per heavy atom. The monoisotopic (exact) mass is 1320 g/mol. The normalized spacial score (nSPS) is 17.7. The zero-order valence-corrected chi connectivity index (χ0v) is 57.3. The van der Waals surface area contributed by atoms with Crippen molar-refractivity contribution < 1.29 is 56.9 Å². The van der Waals surface area contributed by atoms with Gasteiger partial charge in [0.2, 0.25) is 0 Å². The quantitative estimate of drug-likeness (QED) is 0.0169. The number of aryl methyl sites for hydroxylation is 2. The van der Waals surface area contributed by atoms with Crippen molar-refractivity contribution in [2.24, 2.45) is 23.2 Å². The van der Waals surface area contributed by atoms with Crippen LogP contribution < -0.4 is 19.5 Å². The summed E-state index contributed by atoms with van der Waals surface area (Å²) in [6, 6.07) is 61.7. The molecule has 4 saturated carbocycles. The van der Waals surface area contributed by atoms with Crippen molar-refractivity contribution >= 4 is 22.8 Å². The van der Waals surface area contributed by atoms with E-state index in [1.807, 2.05) is 24.3 Å². The third-order valence-electron chi connectivity index (χ3n) is 19.1. The average molecular weight is 1320 g/mol. The van der Waals surface area contributed by atoms with E-state index in [-0.39, 0.29) is 11.4 Å². The fraction of sp³-hybridized carbons (Fsp3) is 0.400. The van der Waals surface area contributed by atoms with Gasteiger partial charge in [0, 0.05) is 5.69 Å². The second kappa shape index (κ2) is 37.6. The maximum Gasteiger partial charge on any atom is 0.312 e. The van der Waals surface area contributed by atoms with Crippen LogP contribution in [0, 0.1) is 48.9 Å². The van der Waals surface area contributed by atoms with Crippen LogP contribution in [-0.2, 0) is 54.5 Å². The molecular weight excluding hydrogens is 1230 g/mol. The number of rotatable bonds is 40. The molecule has 0 unspecified atom stereocenters. The van der Waals surface area contributed by atoms with Gasteiger partial charge in [-0.15, -0.1) is 0 Å². The summed E-state index contributed by atoms with van der Waals surface area (Å²) in [4.78, 5) is 13.0. The smallest absolute Gasteiger partial charge is 0.312 e. The number of hydrogen-bond acceptors (Lipinski definition) is 13. The number of nitrogens with one attached hydrogen (secondary N) is 1. The van der Waals surface area contributed by atoms with Crippen molar-refractivity contribution in [3.63, 3.8) is 0 Å². The minimum Gasteiger partial charge on any atom is -0.491 e. The molecule has 4 bridgehead atoms. The third-order valence-corrected chi connectivity index (χ3v) is 19.1. The van der Waals surface area contributed by atoms with E-state index < -0.39 is 5.41 Å². The Morgan fingerprint density at radius 3 is 1.47 bits per heavy atom. The number of esters is 1. The first-order valence-electron chi connectivity index (χ1n) is 35.3. The molecule has 5 aliphatic carbocycles.